The van der Waals surface area contributed by atoms with Gasteiger partial charge in [0.15, 0.2) is 5.96 Å². The normalized spacial score (nSPS) is 10.7. The summed E-state index contributed by atoms with van der Waals surface area (Å²) in [6.45, 7) is -1.65. The third-order valence-electron chi connectivity index (χ3n) is 3.81. The van der Waals surface area contributed by atoms with Crippen molar-refractivity contribution in [2.24, 2.45) is 4.99 Å². The summed E-state index contributed by atoms with van der Waals surface area (Å²) in [5.41, 5.74) is 1.75. The Labute approximate surface area is 186 Å². The molecule has 0 heterocycles. The SMILES string of the molecule is C#CCOc1ccc(CCNC(=NC)NCc2ccccc2OC(F)F)cc1.I. The van der Waals surface area contributed by atoms with E-state index in [0.717, 1.165) is 17.7 Å². The molecule has 29 heavy (non-hydrogen) atoms. The molecule has 2 N–H and O–H groups in total. The lowest BCUT2D eigenvalue weighted by atomic mass is 10.1. The topological polar surface area (TPSA) is 54.9 Å². The van der Waals surface area contributed by atoms with Crippen LogP contribution in [-0.4, -0.2) is 32.8 Å². The van der Waals surface area contributed by atoms with Crippen LogP contribution < -0.4 is 20.1 Å². The molecule has 2 aromatic rings. The summed E-state index contributed by atoms with van der Waals surface area (Å²) in [5, 5.41) is 6.28. The number of hydrogen-bond acceptors (Lipinski definition) is 3. The Kier molecular flexibility index (Phi) is 11.5. The van der Waals surface area contributed by atoms with E-state index in [1.54, 1.807) is 25.2 Å². The molecule has 0 bridgehead atoms. The number of benzene rings is 2. The number of ether oxygens (including phenoxy) is 2. The molecule has 0 radical (unpaired) electrons. The maximum absolute atomic E-state index is 12.5. The Morgan fingerprint density at radius 1 is 1.14 bits per heavy atom. The number of para-hydroxylation sites is 1. The van der Waals surface area contributed by atoms with Gasteiger partial charge in [0, 0.05) is 25.7 Å². The third kappa shape index (κ3) is 9.00. The molecule has 156 valence electrons. The predicted molar refractivity (Wildman–Crippen MR) is 121 cm³/mol. The number of halogens is 3. The molecule has 5 nitrogen and oxygen atoms in total. The largest absolute Gasteiger partial charge is 0.481 e. The standard InChI is InChI=1S/C21H23F2N3O2.HI/c1-3-14-27-18-10-8-16(9-11-18)12-13-25-21(24-2)26-15-17-6-4-5-7-19(17)28-20(22)23;/h1,4-11,20H,12-15H2,2H3,(H2,24,25,26);1H. The van der Waals surface area contributed by atoms with Crippen molar-refractivity contribution in [3.05, 3.63) is 59.7 Å². The van der Waals surface area contributed by atoms with Crippen molar-refractivity contribution in [2.75, 3.05) is 20.2 Å². The molecule has 0 unspecified atom stereocenters. The second kappa shape index (κ2) is 13.6. The van der Waals surface area contributed by atoms with E-state index in [0.29, 0.717) is 24.6 Å². The number of nitrogens with one attached hydrogen (secondary N) is 2. The van der Waals surface area contributed by atoms with Gasteiger partial charge in [0.25, 0.3) is 0 Å². The van der Waals surface area contributed by atoms with Crippen LogP contribution in [-0.2, 0) is 13.0 Å². The summed E-state index contributed by atoms with van der Waals surface area (Å²) in [6, 6.07) is 14.3. The lowest BCUT2D eigenvalue weighted by molar-refractivity contribution is -0.0504. The molecule has 2 rings (SSSR count). The van der Waals surface area contributed by atoms with Crippen molar-refractivity contribution >= 4 is 29.9 Å². The first-order valence-corrected chi connectivity index (χ1v) is 8.75. The van der Waals surface area contributed by atoms with Gasteiger partial charge in [-0.05, 0) is 30.2 Å². The van der Waals surface area contributed by atoms with Crippen LogP contribution in [0.15, 0.2) is 53.5 Å². The van der Waals surface area contributed by atoms with Gasteiger partial charge in [-0.15, -0.1) is 30.4 Å². The van der Waals surface area contributed by atoms with Crippen LogP contribution in [0.1, 0.15) is 11.1 Å². The highest BCUT2D eigenvalue weighted by molar-refractivity contribution is 14.0. The van der Waals surface area contributed by atoms with E-state index in [1.165, 1.54) is 6.07 Å². The number of alkyl halides is 2. The van der Waals surface area contributed by atoms with E-state index in [9.17, 15) is 8.78 Å². The molecule has 0 aliphatic rings. The van der Waals surface area contributed by atoms with Crippen LogP contribution in [0, 0.1) is 12.3 Å². The molecule has 0 spiro atoms. The molecule has 0 aliphatic heterocycles. The van der Waals surface area contributed by atoms with Crippen molar-refractivity contribution in [2.45, 2.75) is 19.6 Å². The van der Waals surface area contributed by atoms with E-state index < -0.39 is 6.61 Å². The average molecular weight is 515 g/mol. The van der Waals surface area contributed by atoms with Gasteiger partial charge in [-0.25, -0.2) is 0 Å². The Bertz CT molecular complexity index is 808. The highest BCUT2D eigenvalue weighted by atomic mass is 127. The Hall–Kier alpha value is -2.54. The van der Waals surface area contributed by atoms with Gasteiger partial charge in [-0.3, -0.25) is 4.99 Å². The summed E-state index contributed by atoms with van der Waals surface area (Å²) >= 11 is 0. The number of nitrogens with zero attached hydrogens (tertiary/aromatic N) is 1. The minimum Gasteiger partial charge on any atom is -0.481 e. The highest BCUT2D eigenvalue weighted by Gasteiger charge is 2.09. The number of guanidine groups is 1. The van der Waals surface area contributed by atoms with Gasteiger partial charge in [0.1, 0.15) is 18.1 Å². The van der Waals surface area contributed by atoms with E-state index in [1.807, 2.05) is 24.3 Å². The fourth-order valence-electron chi connectivity index (χ4n) is 2.46. The van der Waals surface area contributed by atoms with Crippen molar-refractivity contribution in [3.8, 4) is 23.8 Å². The smallest absolute Gasteiger partial charge is 0.387 e. The summed E-state index contributed by atoms with van der Waals surface area (Å²) in [6.07, 6.45) is 5.94. The van der Waals surface area contributed by atoms with Gasteiger partial charge >= 0.3 is 6.61 Å². The first-order valence-electron chi connectivity index (χ1n) is 8.75. The number of terminal acetylenes is 1. The minimum atomic E-state index is -2.86. The van der Waals surface area contributed by atoms with Gasteiger partial charge in [-0.1, -0.05) is 36.3 Å². The lowest BCUT2D eigenvalue weighted by Gasteiger charge is -2.14. The number of rotatable bonds is 9. The molecule has 2 aromatic carbocycles. The zero-order valence-corrected chi connectivity index (χ0v) is 18.4. The quantitative estimate of drug-likeness (QED) is 0.231. The lowest BCUT2D eigenvalue weighted by Crippen LogP contribution is -2.37. The monoisotopic (exact) mass is 515 g/mol. The third-order valence-corrected chi connectivity index (χ3v) is 3.81. The Morgan fingerprint density at radius 2 is 1.86 bits per heavy atom. The van der Waals surface area contributed by atoms with E-state index in [2.05, 4.69) is 26.3 Å². The van der Waals surface area contributed by atoms with E-state index >= 15 is 0 Å². The zero-order valence-electron chi connectivity index (χ0n) is 16.0. The van der Waals surface area contributed by atoms with Gasteiger partial charge in [0.05, 0.1) is 0 Å². The second-order valence-electron chi connectivity index (χ2n) is 5.73. The number of hydrogen-bond donors (Lipinski definition) is 2. The van der Waals surface area contributed by atoms with Gasteiger partial charge in [-0.2, -0.15) is 8.78 Å². The summed E-state index contributed by atoms with van der Waals surface area (Å²) in [7, 11) is 1.65. The molecule has 8 heteroatoms. The van der Waals surface area contributed by atoms with Crippen LogP contribution >= 0.6 is 24.0 Å². The summed E-state index contributed by atoms with van der Waals surface area (Å²) in [5.74, 6) is 3.87. The van der Waals surface area contributed by atoms with Crippen LogP contribution in [0.4, 0.5) is 8.78 Å². The van der Waals surface area contributed by atoms with Gasteiger partial charge < -0.3 is 20.1 Å². The van der Waals surface area contributed by atoms with E-state index in [-0.39, 0.29) is 36.3 Å². The van der Waals surface area contributed by atoms with Crippen LogP contribution in [0.3, 0.4) is 0 Å². The first kappa shape index (κ1) is 24.5. The van der Waals surface area contributed by atoms with Crippen molar-refractivity contribution in [1.29, 1.82) is 0 Å². The van der Waals surface area contributed by atoms with Crippen molar-refractivity contribution in [3.63, 3.8) is 0 Å². The molecule has 0 aliphatic carbocycles. The molecule has 0 atom stereocenters. The molecule has 0 saturated heterocycles. The second-order valence-corrected chi connectivity index (χ2v) is 5.73. The fourth-order valence-corrected chi connectivity index (χ4v) is 2.46. The van der Waals surface area contributed by atoms with Crippen LogP contribution in [0.25, 0.3) is 0 Å². The average Bonchev–Trinajstić information content (AvgIpc) is 2.70. The molecule has 0 amide bonds. The van der Waals surface area contributed by atoms with E-state index in [4.69, 9.17) is 11.2 Å². The Balaban J connectivity index is 0.00000420. The molecule has 0 saturated carbocycles. The zero-order chi connectivity index (χ0) is 20.2. The predicted octanol–water partition coefficient (Wildman–Crippen LogP) is 3.83. The maximum atomic E-state index is 12.5. The van der Waals surface area contributed by atoms with Crippen molar-refractivity contribution in [1.82, 2.24) is 10.6 Å². The minimum absolute atomic E-state index is 0. The summed E-state index contributed by atoms with van der Waals surface area (Å²) in [4.78, 5) is 4.14. The maximum Gasteiger partial charge on any atom is 0.387 e. The van der Waals surface area contributed by atoms with Gasteiger partial charge in [0.2, 0.25) is 0 Å². The summed E-state index contributed by atoms with van der Waals surface area (Å²) < 4.78 is 34.8. The fraction of sp³-hybridized carbons (Fsp3) is 0.286. The van der Waals surface area contributed by atoms with Crippen LogP contribution in [0.2, 0.25) is 0 Å². The molecular formula is C21H24F2IN3O2. The Morgan fingerprint density at radius 3 is 2.52 bits per heavy atom. The highest BCUT2D eigenvalue weighted by Crippen LogP contribution is 2.19. The first-order chi connectivity index (χ1) is 13.6. The molecule has 0 aromatic heterocycles. The van der Waals surface area contributed by atoms with Crippen molar-refractivity contribution < 1.29 is 18.3 Å². The number of aliphatic imine (C=N–C) groups is 1. The van der Waals surface area contributed by atoms with Crippen LogP contribution in [0.5, 0.6) is 11.5 Å². The molecule has 0 fully saturated rings. The molecular weight excluding hydrogens is 491 g/mol.